The highest BCUT2D eigenvalue weighted by Gasteiger charge is 0.0775. The van der Waals surface area contributed by atoms with Gasteiger partial charge < -0.3 is 11.8 Å². The largest absolute Gasteiger partial charge is 0.512 e. The van der Waals surface area contributed by atoms with Crippen LogP contribution in [0.2, 0.25) is 0 Å². The molecule has 0 aliphatic rings. The van der Waals surface area contributed by atoms with Crippen LogP contribution in [0.5, 0.6) is 0 Å². The topological polar surface area (TPSA) is 23.8 Å². The summed E-state index contributed by atoms with van der Waals surface area (Å²) in [7, 11) is 0. The van der Waals surface area contributed by atoms with E-state index in [2.05, 4.69) is 0 Å². The molecule has 0 atom stereocenters. The van der Waals surface area contributed by atoms with Gasteiger partial charge in [0.05, 0.1) is 0 Å². The highest BCUT2D eigenvalue weighted by molar-refractivity contribution is 3.44. The maximum absolute atomic E-state index is 6.25. The average molecular weight is 66.0 g/mol. The monoisotopic (exact) mass is 66.0 g/mol. The molecular weight excluding hydrogens is 64.0 g/mol. The van der Waals surface area contributed by atoms with Crippen molar-refractivity contribution in [2.24, 2.45) is 0 Å². The van der Waals surface area contributed by atoms with Crippen LogP contribution in [0.4, 0.5) is 9.41 Å². The van der Waals surface area contributed by atoms with E-state index in [1.165, 1.54) is 0 Å². The summed E-state index contributed by atoms with van der Waals surface area (Å²) < 4.78 is 0. The third-order valence-corrected chi connectivity index (χ3v) is 0. The van der Waals surface area contributed by atoms with Crippen molar-refractivity contribution in [3.8, 4) is 0 Å². The van der Waals surface area contributed by atoms with Crippen LogP contribution in [0.25, 0.3) is 0 Å². The lowest BCUT2D eigenvalue weighted by atomic mass is 11.9. The molecular formula is CH2F2N-. The Morgan fingerprint density at radius 3 is 1.00 bits per heavy atom. The molecule has 0 saturated heterocycles. The van der Waals surface area contributed by atoms with Crippen LogP contribution in [-0.4, -0.2) is 0 Å². The highest BCUT2D eigenvalue weighted by Crippen LogP contribution is 0.627. The third-order valence-electron chi connectivity index (χ3n) is 0. The summed E-state index contributed by atoms with van der Waals surface area (Å²) in [5.74, 6) is 0. The predicted octanol–water partition coefficient (Wildman–Crippen LogP) is 0.401. The van der Waals surface area contributed by atoms with Crippen molar-refractivity contribution in [3.63, 3.8) is 0 Å². The standard InChI is InChI=1S/CN.2FH/c1-2;;/h;2*1H/q-1;;. The molecule has 0 aromatic rings. The van der Waals surface area contributed by atoms with Crippen LogP contribution in [-0.2, 0) is 0 Å². The molecule has 0 amide bonds. The van der Waals surface area contributed by atoms with E-state index in [4.69, 9.17) is 11.8 Å². The van der Waals surface area contributed by atoms with Gasteiger partial charge in [-0.05, 0) is 0 Å². The molecule has 0 heterocycles. The van der Waals surface area contributed by atoms with Crippen molar-refractivity contribution in [2.75, 3.05) is 0 Å². The van der Waals surface area contributed by atoms with Gasteiger partial charge in [0.25, 0.3) is 0 Å². The van der Waals surface area contributed by atoms with Crippen LogP contribution in [0.3, 0.4) is 0 Å². The van der Waals surface area contributed by atoms with Gasteiger partial charge in [-0.2, -0.15) is 0 Å². The molecule has 0 aliphatic heterocycles. The fourth-order valence-electron chi connectivity index (χ4n) is 0. The molecule has 0 aromatic carbocycles. The fraction of sp³-hybridized carbons (Fsp3) is 0. The zero-order chi connectivity index (χ0) is 2.00. The summed E-state index contributed by atoms with van der Waals surface area (Å²) in [6, 6.07) is 0. The summed E-state index contributed by atoms with van der Waals surface area (Å²) in [5, 5.41) is 6.25. The van der Waals surface area contributed by atoms with Crippen molar-refractivity contribution in [2.45, 2.75) is 0 Å². The number of hydrogen-bond acceptors (Lipinski definition) is 1. The minimum absolute atomic E-state index is 0. The molecule has 0 bridgehead atoms. The average Bonchev–Trinajstić information content (AvgIpc) is 1.00. The minimum atomic E-state index is 0. The van der Waals surface area contributed by atoms with Gasteiger partial charge in [0.15, 0.2) is 0 Å². The minimum Gasteiger partial charge on any atom is -0.512 e. The molecule has 26 valence electrons. The van der Waals surface area contributed by atoms with Gasteiger partial charge >= 0.3 is 0 Å². The number of hydrogen-bond donors (Lipinski definition) is 0. The molecule has 0 N–H and O–H groups in total. The Labute approximate surface area is 22.6 Å². The molecule has 0 aromatic heterocycles. The summed E-state index contributed by atoms with van der Waals surface area (Å²) >= 11 is 0. The van der Waals surface area contributed by atoms with E-state index < -0.39 is 0 Å². The Bertz CT molecular complexity index is 10.8. The predicted molar refractivity (Wildman–Crippen MR) is 9.97 cm³/mol. The van der Waals surface area contributed by atoms with Crippen molar-refractivity contribution in [1.82, 2.24) is 0 Å². The van der Waals surface area contributed by atoms with Crippen LogP contribution in [0.15, 0.2) is 0 Å². The van der Waals surface area contributed by atoms with E-state index in [-0.39, 0.29) is 9.41 Å². The second kappa shape index (κ2) is 10.1. The van der Waals surface area contributed by atoms with E-state index in [0.29, 0.717) is 0 Å². The Morgan fingerprint density at radius 2 is 1.00 bits per heavy atom. The Morgan fingerprint density at radius 1 is 1.00 bits per heavy atom. The van der Waals surface area contributed by atoms with Crippen LogP contribution >= 0.6 is 0 Å². The first-order valence-electron chi connectivity index (χ1n) is 0.224. The first kappa shape index (κ1) is 151. The van der Waals surface area contributed by atoms with Gasteiger partial charge in [-0.15, -0.1) is 0 Å². The molecule has 0 spiro atoms. The number of halogens is 2. The van der Waals surface area contributed by atoms with Crippen molar-refractivity contribution in [1.29, 1.82) is 5.26 Å². The van der Waals surface area contributed by atoms with E-state index >= 15 is 0 Å². The lowest BCUT2D eigenvalue weighted by Gasteiger charge is -1.08. The zero-order valence-corrected chi connectivity index (χ0v) is 1.76. The summed E-state index contributed by atoms with van der Waals surface area (Å²) in [5.41, 5.74) is 0. The Hall–Kier alpha value is -0.650. The lowest BCUT2D eigenvalue weighted by Crippen LogP contribution is -0.530. The van der Waals surface area contributed by atoms with Gasteiger partial charge in [-0.1, -0.05) is 0 Å². The van der Waals surface area contributed by atoms with Crippen molar-refractivity contribution < 1.29 is 9.41 Å². The highest BCUT2D eigenvalue weighted by atomic mass is 19.0. The van der Waals surface area contributed by atoms with Crippen molar-refractivity contribution >= 4 is 0 Å². The fourth-order valence-corrected chi connectivity index (χ4v) is 0. The zero-order valence-electron chi connectivity index (χ0n) is 1.76. The molecule has 0 unspecified atom stereocenters. The van der Waals surface area contributed by atoms with Crippen LogP contribution < -0.4 is 0 Å². The van der Waals surface area contributed by atoms with Gasteiger partial charge in [0.2, 0.25) is 0 Å². The van der Waals surface area contributed by atoms with Gasteiger partial charge in [0, 0.05) is 0 Å². The second-order valence-electron chi connectivity index (χ2n) is 0. The first-order chi connectivity index (χ1) is 1.00. The Balaban J connectivity index is -0.00000000500. The maximum atomic E-state index is 6.25. The van der Waals surface area contributed by atoms with E-state index in [0.717, 1.165) is 0 Å². The van der Waals surface area contributed by atoms with Gasteiger partial charge in [-0.3, -0.25) is 9.41 Å². The Kier molecular flexibility index (Phi) is 383. The molecule has 0 fully saturated rings. The molecule has 4 heavy (non-hydrogen) atoms. The smallest absolute Gasteiger partial charge is 0.269 e. The maximum Gasteiger partial charge on any atom is -0.269 e. The molecule has 0 saturated carbocycles. The van der Waals surface area contributed by atoms with Crippen molar-refractivity contribution in [3.05, 3.63) is 6.57 Å². The quantitative estimate of drug-likeness (QED) is 0.375. The summed E-state index contributed by atoms with van der Waals surface area (Å²) in [6.45, 7) is 4.75. The van der Waals surface area contributed by atoms with Crippen LogP contribution in [0, 0.1) is 11.8 Å². The van der Waals surface area contributed by atoms with E-state index in [9.17, 15) is 0 Å². The first-order valence-corrected chi connectivity index (χ1v) is 0.224. The van der Waals surface area contributed by atoms with Gasteiger partial charge in [0.1, 0.15) is 0 Å². The number of nitrogens with zero attached hydrogens (tertiary/aromatic N) is 1. The summed E-state index contributed by atoms with van der Waals surface area (Å²) in [4.78, 5) is 0. The molecule has 0 radical (unpaired) electrons. The lowest BCUT2D eigenvalue weighted by molar-refractivity contribution is 1.11. The molecule has 3 heteroatoms. The van der Waals surface area contributed by atoms with Gasteiger partial charge in [-0.25, -0.2) is 0 Å². The summed E-state index contributed by atoms with van der Waals surface area (Å²) in [6.07, 6.45) is 0. The van der Waals surface area contributed by atoms with E-state index in [1.807, 2.05) is 0 Å². The molecule has 0 rings (SSSR count). The SMILES string of the molecule is F.F.[C-]#N. The van der Waals surface area contributed by atoms with Crippen LogP contribution in [0.1, 0.15) is 0 Å². The molecule has 1 nitrogen and oxygen atoms in total. The normalized spacial score (nSPS) is 0.500. The molecule has 0 aliphatic carbocycles. The second-order valence-corrected chi connectivity index (χ2v) is 0. The third kappa shape index (κ3) is 0.391. The number of rotatable bonds is 0. The van der Waals surface area contributed by atoms with E-state index in [1.54, 1.807) is 0 Å².